The van der Waals surface area contributed by atoms with Gasteiger partial charge in [-0.1, -0.05) is 13.8 Å². The van der Waals surface area contributed by atoms with Crippen molar-refractivity contribution in [3.05, 3.63) is 24.4 Å². The summed E-state index contributed by atoms with van der Waals surface area (Å²) in [5.74, 6) is 0.862. The second-order valence-corrected chi connectivity index (χ2v) is 4.18. The molecule has 0 radical (unpaired) electrons. The second kappa shape index (κ2) is 4.49. The number of aromatic amines is 1. The van der Waals surface area contributed by atoms with E-state index in [1.54, 1.807) is 12.5 Å². The summed E-state index contributed by atoms with van der Waals surface area (Å²) in [4.78, 5) is 11.7. The van der Waals surface area contributed by atoms with Crippen LogP contribution in [0.2, 0.25) is 0 Å². The predicted molar refractivity (Wildman–Crippen MR) is 62.8 cm³/mol. The minimum Gasteiger partial charge on any atom is -0.339 e. The molecule has 0 aliphatic rings. The Morgan fingerprint density at radius 3 is 2.88 bits per heavy atom. The summed E-state index contributed by atoms with van der Waals surface area (Å²) < 4.78 is 1.94. The first-order valence-corrected chi connectivity index (χ1v) is 5.41. The van der Waals surface area contributed by atoms with Crippen LogP contribution in [0.15, 0.2) is 18.7 Å². The molecule has 5 heteroatoms. The SMILES string of the molecule is CC(C)NCc1cnc(-c2cncn2C)[nH]1. The van der Waals surface area contributed by atoms with Gasteiger partial charge in [0.1, 0.15) is 5.69 Å². The average Bonchev–Trinajstić information content (AvgIpc) is 2.83. The van der Waals surface area contributed by atoms with Gasteiger partial charge in [-0.25, -0.2) is 9.97 Å². The maximum atomic E-state index is 4.34. The van der Waals surface area contributed by atoms with E-state index >= 15 is 0 Å². The first-order chi connectivity index (χ1) is 7.66. The molecule has 0 bridgehead atoms. The van der Waals surface area contributed by atoms with Crippen LogP contribution in [0.25, 0.3) is 11.5 Å². The third-order valence-electron chi connectivity index (χ3n) is 2.39. The third-order valence-corrected chi connectivity index (χ3v) is 2.39. The van der Waals surface area contributed by atoms with Gasteiger partial charge in [0.05, 0.1) is 18.7 Å². The fourth-order valence-electron chi connectivity index (χ4n) is 1.48. The molecule has 0 saturated carbocycles. The summed E-state index contributed by atoms with van der Waals surface area (Å²) >= 11 is 0. The van der Waals surface area contributed by atoms with Gasteiger partial charge in [0.25, 0.3) is 0 Å². The van der Waals surface area contributed by atoms with Gasteiger partial charge in [-0.2, -0.15) is 0 Å². The smallest absolute Gasteiger partial charge is 0.155 e. The zero-order valence-corrected chi connectivity index (χ0v) is 9.86. The molecule has 5 nitrogen and oxygen atoms in total. The number of aromatic nitrogens is 4. The molecule has 86 valence electrons. The normalized spacial score (nSPS) is 11.2. The van der Waals surface area contributed by atoms with Crippen molar-refractivity contribution in [1.29, 1.82) is 0 Å². The summed E-state index contributed by atoms with van der Waals surface area (Å²) in [6.07, 6.45) is 5.43. The highest BCUT2D eigenvalue weighted by atomic mass is 15.1. The maximum absolute atomic E-state index is 4.34. The van der Waals surface area contributed by atoms with E-state index in [4.69, 9.17) is 0 Å². The fourth-order valence-corrected chi connectivity index (χ4v) is 1.48. The highest BCUT2D eigenvalue weighted by molar-refractivity contribution is 5.48. The minimum absolute atomic E-state index is 0.475. The zero-order valence-electron chi connectivity index (χ0n) is 9.86. The maximum Gasteiger partial charge on any atom is 0.155 e. The molecule has 0 amide bonds. The van der Waals surface area contributed by atoms with Crippen molar-refractivity contribution < 1.29 is 0 Å². The van der Waals surface area contributed by atoms with Crippen LogP contribution in [0, 0.1) is 0 Å². The summed E-state index contributed by atoms with van der Waals surface area (Å²) in [7, 11) is 1.96. The summed E-state index contributed by atoms with van der Waals surface area (Å²) in [6.45, 7) is 5.05. The van der Waals surface area contributed by atoms with Gasteiger partial charge in [0.2, 0.25) is 0 Å². The van der Waals surface area contributed by atoms with Crippen molar-refractivity contribution >= 4 is 0 Å². The monoisotopic (exact) mass is 219 g/mol. The van der Waals surface area contributed by atoms with Crippen LogP contribution in [-0.2, 0) is 13.6 Å². The Kier molecular flexibility index (Phi) is 3.05. The summed E-state index contributed by atoms with van der Waals surface area (Å²) in [6, 6.07) is 0.475. The standard InChI is InChI=1S/C11H17N5/c1-8(2)13-4-9-5-14-11(15-9)10-6-12-7-16(10)3/h5-8,13H,4H2,1-3H3,(H,14,15). The first kappa shape index (κ1) is 10.9. The lowest BCUT2D eigenvalue weighted by Crippen LogP contribution is -2.21. The fraction of sp³-hybridized carbons (Fsp3) is 0.455. The topological polar surface area (TPSA) is 58.5 Å². The number of nitrogens with zero attached hydrogens (tertiary/aromatic N) is 3. The Labute approximate surface area is 94.9 Å². The van der Waals surface area contributed by atoms with Crippen LogP contribution in [0.4, 0.5) is 0 Å². The van der Waals surface area contributed by atoms with E-state index in [9.17, 15) is 0 Å². The van der Waals surface area contributed by atoms with E-state index in [2.05, 4.69) is 34.1 Å². The lowest BCUT2D eigenvalue weighted by atomic mass is 10.3. The van der Waals surface area contributed by atoms with Gasteiger partial charge in [-0.05, 0) is 0 Å². The van der Waals surface area contributed by atoms with Crippen LogP contribution in [0.1, 0.15) is 19.5 Å². The molecule has 2 N–H and O–H groups in total. The van der Waals surface area contributed by atoms with Crippen molar-refractivity contribution in [2.75, 3.05) is 0 Å². The average molecular weight is 219 g/mol. The van der Waals surface area contributed by atoms with E-state index in [0.717, 1.165) is 23.8 Å². The molecule has 0 aliphatic carbocycles. The number of hydrogen-bond donors (Lipinski definition) is 2. The molecule has 0 aliphatic heterocycles. The van der Waals surface area contributed by atoms with Gasteiger partial charge >= 0.3 is 0 Å². The molecule has 0 aromatic carbocycles. The summed E-state index contributed by atoms with van der Waals surface area (Å²) in [5.41, 5.74) is 2.08. The van der Waals surface area contributed by atoms with Crippen molar-refractivity contribution in [1.82, 2.24) is 24.8 Å². The van der Waals surface area contributed by atoms with Gasteiger partial charge < -0.3 is 14.9 Å². The van der Waals surface area contributed by atoms with Crippen LogP contribution in [-0.4, -0.2) is 25.6 Å². The Morgan fingerprint density at radius 1 is 1.44 bits per heavy atom. The molecule has 0 spiro atoms. The lowest BCUT2D eigenvalue weighted by molar-refractivity contribution is 0.583. The molecule has 0 atom stereocenters. The number of nitrogens with one attached hydrogen (secondary N) is 2. The largest absolute Gasteiger partial charge is 0.339 e. The highest BCUT2D eigenvalue weighted by Crippen LogP contribution is 2.13. The number of aryl methyl sites for hydroxylation is 1. The van der Waals surface area contributed by atoms with Gasteiger partial charge in [0.15, 0.2) is 5.82 Å². The van der Waals surface area contributed by atoms with Gasteiger partial charge in [-0.3, -0.25) is 0 Å². The third kappa shape index (κ3) is 2.30. The minimum atomic E-state index is 0.475. The molecule has 2 heterocycles. The molecule has 16 heavy (non-hydrogen) atoms. The Bertz CT molecular complexity index is 454. The highest BCUT2D eigenvalue weighted by Gasteiger charge is 2.06. The van der Waals surface area contributed by atoms with Crippen molar-refractivity contribution in [2.45, 2.75) is 26.4 Å². The van der Waals surface area contributed by atoms with E-state index in [-0.39, 0.29) is 0 Å². The lowest BCUT2D eigenvalue weighted by Gasteiger charge is -2.05. The Hall–Kier alpha value is -1.62. The number of rotatable bonds is 4. The molecule has 0 unspecified atom stereocenters. The zero-order chi connectivity index (χ0) is 11.5. The molecule has 0 fully saturated rings. The number of imidazole rings is 2. The van der Waals surface area contributed by atoms with Crippen LogP contribution < -0.4 is 5.32 Å². The molecule has 2 aromatic heterocycles. The Balaban J connectivity index is 2.11. The van der Waals surface area contributed by atoms with Crippen molar-refractivity contribution in [3.8, 4) is 11.5 Å². The van der Waals surface area contributed by atoms with E-state index in [1.165, 1.54) is 0 Å². The van der Waals surface area contributed by atoms with Crippen molar-refractivity contribution in [2.24, 2.45) is 7.05 Å². The Morgan fingerprint density at radius 2 is 2.25 bits per heavy atom. The van der Waals surface area contributed by atoms with Gasteiger partial charge in [-0.15, -0.1) is 0 Å². The summed E-state index contributed by atoms with van der Waals surface area (Å²) in [5, 5.41) is 3.34. The molecule has 0 saturated heterocycles. The quantitative estimate of drug-likeness (QED) is 0.815. The van der Waals surface area contributed by atoms with E-state index in [1.807, 2.05) is 17.8 Å². The van der Waals surface area contributed by atoms with Gasteiger partial charge in [0, 0.05) is 25.3 Å². The molecule has 2 rings (SSSR count). The number of H-pyrrole nitrogens is 1. The number of hydrogen-bond acceptors (Lipinski definition) is 3. The second-order valence-electron chi connectivity index (χ2n) is 4.18. The predicted octanol–water partition coefficient (Wildman–Crippen LogP) is 1.31. The van der Waals surface area contributed by atoms with E-state index < -0.39 is 0 Å². The van der Waals surface area contributed by atoms with Crippen LogP contribution >= 0.6 is 0 Å². The van der Waals surface area contributed by atoms with E-state index in [0.29, 0.717) is 6.04 Å². The molecular formula is C11H17N5. The van der Waals surface area contributed by atoms with Crippen molar-refractivity contribution in [3.63, 3.8) is 0 Å². The first-order valence-electron chi connectivity index (χ1n) is 5.41. The molecular weight excluding hydrogens is 202 g/mol. The molecule has 2 aromatic rings. The van der Waals surface area contributed by atoms with Crippen LogP contribution in [0.5, 0.6) is 0 Å². The van der Waals surface area contributed by atoms with Crippen LogP contribution in [0.3, 0.4) is 0 Å².